The first-order chi connectivity index (χ1) is 10.7. The third-order valence-corrected chi connectivity index (χ3v) is 4.16. The van der Waals surface area contributed by atoms with Gasteiger partial charge in [0.05, 0.1) is 0 Å². The second-order valence-corrected chi connectivity index (χ2v) is 5.62. The summed E-state index contributed by atoms with van der Waals surface area (Å²) in [6.07, 6.45) is 9.48. The van der Waals surface area contributed by atoms with Gasteiger partial charge in [-0.15, -0.1) is 0 Å². The molecule has 0 aromatic heterocycles. The number of amides is 2. The minimum atomic E-state index is -0.576. The molecule has 1 aromatic rings. The molecule has 1 aromatic carbocycles. The maximum absolute atomic E-state index is 12.9. The molecule has 1 fully saturated rings. The predicted octanol–water partition coefficient (Wildman–Crippen LogP) is 3.08. The SMILES string of the molecule is CCCCC1C(=O)N2C=CC=CC2N(c2ccccc2)C1=O. The molecule has 0 saturated carbocycles. The zero-order valence-electron chi connectivity index (χ0n) is 12.7. The van der Waals surface area contributed by atoms with Crippen LogP contribution in [0.1, 0.15) is 26.2 Å². The highest BCUT2D eigenvalue weighted by Gasteiger charge is 2.44. The van der Waals surface area contributed by atoms with Crippen molar-refractivity contribution in [2.75, 3.05) is 4.90 Å². The fraction of sp³-hybridized carbons (Fsp3) is 0.333. The van der Waals surface area contributed by atoms with E-state index in [1.807, 2.05) is 48.6 Å². The molecular formula is C18H20N2O2. The predicted molar refractivity (Wildman–Crippen MR) is 85.9 cm³/mol. The maximum Gasteiger partial charge on any atom is 0.241 e. The van der Waals surface area contributed by atoms with Crippen molar-refractivity contribution in [1.82, 2.24) is 4.90 Å². The van der Waals surface area contributed by atoms with Crippen molar-refractivity contribution in [3.63, 3.8) is 0 Å². The van der Waals surface area contributed by atoms with Crippen LogP contribution in [0.5, 0.6) is 0 Å². The molecule has 4 nitrogen and oxygen atoms in total. The molecule has 2 unspecified atom stereocenters. The summed E-state index contributed by atoms with van der Waals surface area (Å²) in [5.41, 5.74) is 0.830. The molecule has 4 heteroatoms. The minimum absolute atomic E-state index is 0.0868. The molecule has 2 atom stereocenters. The quantitative estimate of drug-likeness (QED) is 0.801. The van der Waals surface area contributed by atoms with Crippen LogP contribution in [0, 0.1) is 5.92 Å². The highest BCUT2D eigenvalue weighted by molar-refractivity contribution is 6.11. The van der Waals surface area contributed by atoms with Crippen LogP contribution in [0.4, 0.5) is 5.69 Å². The number of unbranched alkanes of at least 4 members (excludes halogenated alkanes) is 1. The summed E-state index contributed by atoms with van der Waals surface area (Å²) in [6.45, 7) is 2.07. The monoisotopic (exact) mass is 296 g/mol. The van der Waals surface area contributed by atoms with Gasteiger partial charge in [0.1, 0.15) is 12.1 Å². The second-order valence-electron chi connectivity index (χ2n) is 5.62. The number of fused-ring (bicyclic) bond motifs is 1. The first-order valence-corrected chi connectivity index (χ1v) is 7.79. The molecule has 0 aliphatic carbocycles. The fourth-order valence-electron chi connectivity index (χ4n) is 3.01. The van der Waals surface area contributed by atoms with Gasteiger partial charge in [0.15, 0.2) is 0 Å². The molecule has 0 bridgehead atoms. The highest BCUT2D eigenvalue weighted by Crippen LogP contribution is 2.31. The van der Waals surface area contributed by atoms with Crippen LogP contribution in [-0.2, 0) is 9.59 Å². The van der Waals surface area contributed by atoms with Crippen molar-refractivity contribution in [2.24, 2.45) is 5.92 Å². The van der Waals surface area contributed by atoms with Crippen molar-refractivity contribution in [3.05, 3.63) is 54.8 Å². The molecule has 0 N–H and O–H groups in total. The number of para-hydroxylation sites is 1. The fourth-order valence-corrected chi connectivity index (χ4v) is 3.01. The summed E-state index contributed by atoms with van der Waals surface area (Å²) in [5.74, 6) is -0.755. The third-order valence-electron chi connectivity index (χ3n) is 4.16. The van der Waals surface area contributed by atoms with E-state index in [0.29, 0.717) is 6.42 Å². The Balaban J connectivity index is 1.99. The van der Waals surface area contributed by atoms with Gasteiger partial charge in [-0.25, -0.2) is 0 Å². The Hall–Kier alpha value is -2.36. The summed E-state index contributed by atoms with van der Waals surface area (Å²) < 4.78 is 0. The Bertz CT molecular complexity index is 621. The van der Waals surface area contributed by atoms with Gasteiger partial charge in [0.2, 0.25) is 11.8 Å². The van der Waals surface area contributed by atoms with E-state index in [1.165, 1.54) is 0 Å². The molecule has 22 heavy (non-hydrogen) atoms. The van der Waals surface area contributed by atoms with Gasteiger partial charge >= 0.3 is 0 Å². The number of carbonyl (C=O) groups is 2. The zero-order valence-corrected chi connectivity index (χ0v) is 12.7. The van der Waals surface area contributed by atoms with Crippen LogP contribution in [0.3, 0.4) is 0 Å². The van der Waals surface area contributed by atoms with E-state index in [4.69, 9.17) is 0 Å². The first kappa shape index (κ1) is 14.6. The van der Waals surface area contributed by atoms with E-state index in [-0.39, 0.29) is 18.0 Å². The lowest BCUT2D eigenvalue weighted by atomic mass is 9.94. The molecule has 2 aliphatic heterocycles. The van der Waals surface area contributed by atoms with Gasteiger partial charge in [0.25, 0.3) is 0 Å². The summed E-state index contributed by atoms with van der Waals surface area (Å²) >= 11 is 0. The number of nitrogens with zero attached hydrogens (tertiary/aromatic N) is 2. The first-order valence-electron chi connectivity index (χ1n) is 7.79. The summed E-state index contributed by atoms with van der Waals surface area (Å²) in [5, 5.41) is 0. The van der Waals surface area contributed by atoms with Crippen molar-refractivity contribution in [1.29, 1.82) is 0 Å². The van der Waals surface area contributed by atoms with E-state index in [1.54, 1.807) is 16.0 Å². The van der Waals surface area contributed by atoms with Gasteiger partial charge in [-0.2, -0.15) is 0 Å². The van der Waals surface area contributed by atoms with E-state index in [9.17, 15) is 9.59 Å². The standard InChI is InChI=1S/C18H20N2O2/c1-2-3-11-15-17(21)19-13-8-7-12-16(19)20(18(15)22)14-9-5-4-6-10-14/h4-10,12-13,15-16H,2-3,11H2,1H3. The number of hydrogen-bond donors (Lipinski definition) is 0. The van der Waals surface area contributed by atoms with Crippen molar-refractivity contribution < 1.29 is 9.59 Å². The Labute approximate surface area is 130 Å². The molecule has 2 aliphatic rings. The molecule has 1 saturated heterocycles. The van der Waals surface area contributed by atoms with Gasteiger partial charge in [-0.1, -0.05) is 44.0 Å². The maximum atomic E-state index is 12.9. The van der Waals surface area contributed by atoms with Crippen LogP contribution in [-0.4, -0.2) is 22.9 Å². The van der Waals surface area contributed by atoms with Crippen molar-refractivity contribution in [3.8, 4) is 0 Å². The molecule has 0 spiro atoms. The Morgan fingerprint density at radius 1 is 1.05 bits per heavy atom. The number of carbonyl (C=O) groups excluding carboxylic acids is 2. The van der Waals surface area contributed by atoms with Crippen LogP contribution in [0.2, 0.25) is 0 Å². The molecule has 2 amide bonds. The Kier molecular flexibility index (Phi) is 4.09. The smallest absolute Gasteiger partial charge is 0.241 e. The minimum Gasteiger partial charge on any atom is -0.293 e. The lowest BCUT2D eigenvalue weighted by Gasteiger charge is -2.44. The number of allylic oxidation sites excluding steroid dienone is 2. The Morgan fingerprint density at radius 3 is 2.55 bits per heavy atom. The van der Waals surface area contributed by atoms with Crippen LogP contribution >= 0.6 is 0 Å². The van der Waals surface area contributed by atoms with E-state index >= 15 is 0 Å². The zero-order chi connectivity index (χ0) is 15.5. The average molecular weight is 296 g/mol. The second kappa shape index (κ2) is 6.18. The Morgan fingerprint density at radius 2 is 1.82 bits per heavy atom. The largest absolute Gasteiger partial charge is 0.293 e. The van der Waals surface area contributed by atoms with E-state index in [0.717, 1.165) is 18.5 Å². The van der Waals surface area contributed by atoms with Crippen LogP contribution < -0.4 is 4.90 Å². The van der Waals surface area contributed by atoms with E-state index < -0.39 is 5.92 Å². The summed E-state index contributed by atoms with van der Waals surface area (Å²) in [6, 6.07) is 9.56. The molecule has 3 rings (SSSR count). The van der Waals surface area contributed by atoms with Crippen molar-refractivity contribution in [2.45, 2.75) is 32.4 Å². The summed E-state index contributed by atoms with van der Waals surface area (Å²) in [4.78, 5) is 29.0. The molecule has 2 heterocycles. The van der Waals surface area contributed by atoms with Crippen molar-refractivity contribution >= 4 is 17.5 Å². The van der Waals surface area contributed by atoms with Crippen LogP contribution in [0.25, 0.3) is 0 Å². The number of anilines is 1. The number of hydrogen-bond acceptors (Lipinski definition) is 2. The number of rotatable bonds is 4. The number of benzene rings is 1. The van der Waals surface area contributed by atoms with Gasteiger partial charge in [-0.05, 0) is 30.7 Å². The topological polar surface area (TPSA) is 40.6 Å². The molecular weight excluding hydrogens is 276 g/mol. The highest BCUT2D eigenvalue weighted by atomic mass is 16.2. The lowest BCUT2D eigenvalue weighted by Crippen LogP contribution is -2.61. The molecule has 114 valence electrons. The van der Waals surface area contributed by atoms with Crippen LogP contribution in [0.15, 0.2) is 54.8 Å². The van der Waals surface area contributed by atoms with Gasteiger partial charge in [0, 0.05) is 11.9 Å². The third kappa shape index (κ3) is 2.45. The van der Waals surface area contributed by atoms with E-state index in [2.05, 4.69) is 6.92 Å². The molecule has 0 radical (unpaired) electrons. The lowest BCUT2D eigenvalue weighted by molar-refractivity contribution is -0.145. The average Bonchev–Trinajstić information content (AvgIpc) is 2.56. The normalized spacial score (nSPS) is 23.9. The van der Waals surface area contributed by atoms with Gasteiger partial charge < -0.3 is 0 Å². The summed E-state index contributed by atoms with van der Waals surface area (Å²) in [7, 11) is 0. The van der Waals surface area contributed by atoms with Gasteiger partial charge in [-0.3, -0.25) is 19.4 Å².